The lowest BCUT2D eigenvalue weighted by atomic mass is 10.3. The molecule has 0 amide bonds. The lowest BCUT2D eigenvalue weighted by Gasteiger charge is -2.04. The molecule has 1 fully saturated rings. The summed E-state index contributed by atoms with van der Waals surface area (Å²) in [5.74, 6) is 0.235. The predicted octanol–water partition coefficient (Wildman–Crippen LogP) is 0.662. The van der Waals surface area contributed by atoms with E-state index in [1.807, 2.05) is 0 Å². The van der Waals surface area contributed by atoms with Crippen LogP contribution in [0.25, 0.3) is 0 Å². The number of methoxy groups -OCH3 is 1. The first-order valence-electron chi connectivity index (χ1n) is 4.62. The van der Waals surface area contributed by atoms with E-state index in [1.165, 1.54) is 26.1 Å². The summed E-state index contributed by atoms with van der Waals surface area (Å²) < 4.78 is 6.28. The molecule has 0 atom stereocenters. The number of anilines is 1. The Morgan fingerprint density at radius 1 is 1.79 bits per heavy atom. The fourth-order valence-electron chi connectivity index (χ4n) is 1.40. The van der Waals surface area contributed by atoms with Crippen LogP contribution in [0, 0.1) is 5.92 Å². The number of esters is 1. The number of nitrogens with two attached hydrogens (primary N) is 1. The van der Waals surface area contributed by atoms with Crippen molar-refractivity contribution in [2.45, 2.75) is 19.4 Å². The van der Waals surface area contributed by atoms with Gasteiger partial charge in [0, 0.05) is 6.54 Å². The van der Waals surface area contributed by atoms with Gasteiger partial charge in [0.2, 0.25) is 0 Å². The first-order chi connectivity index (χ1) is 6.72. The van der Waals surface area contributed by atoms with Crippen molar-refractivity contribution in [3.63, 3.8) is 0 Å². The molecule has 0 aromatic carbocycles. The quantitative estimate of drug-likeness (QED) is 0.719. The molecule has 0 aliphatic heterocycles. The zero-order valence-electron chi connectivity index (χ0n) is 8.06. The monoisotopic (exact) mass is 195 g/mol. The smallest absolute Gasteiger partial charge is 0.358 e. The van der Waals surface area contributed by atoms with Gasteiger partial charge in [-0.15, -0.1) is 0 Å². The van der Waals surface area contributed by atoms with Crippen LogP contribution in [0.15, 0.2) is 6.20 Å². The van der Waals surface area contributed by atoms with E-state index in [2.05, 4.69) is 9.84 Å². The van der Waals surface area contributed by atoms with Gasteiger partial charge in [0.15, 0.2) is 5.69 Å². The van der Waals surface area contributed by atoms with Gasteiger partial charge in [-0.2, -0.15) is 5.10 Å². The predicted molar refractivity (Wildman–Crippen MR) is 50.7 cm³/mol. The van der Waals surface area contributed by atoms with E-state index >= 15 is 0 Å². The Hall–Kier alpha value is -1.52. The summed E-state index contributed by atoms with van der Waals surface area (Å²) in [6, 6.07) is 0. The SMILES string of the molecule is COC(=O)c1c(N)cnn1CC1CC1. The molecule has 76 valence electrons. The third kappa shape index (κ3) is 1.57. The zero-order valence-corrected chi connectivity index (χ0v) is 8.06. The van der Waals surface area contributed by atoms with Gasteiger partial charge >= 0.3 is 5.97 Å². The Labute approximate surface area is 81.8 Å². The van der Waals surface area contributed by atoms with E-state index in [9.17, 15) is 4.79 Å². The minimum atomic E-state index is -0.416. The molecule has 0 radical (unpaired) electrons. The van der Waals surface area contributed by atoms with Gasteiger partial charge in [0.05, 0.1) is 19.0 Å². The highest BCUT2D eigenvalue weighted by Gasteiger charge is 2.25. The lowest BCUT2D eigenvalue weighted by molar-refractivity contribution is 0.0587. The van der Waals surface area contributed by atoms with Crippen molar-refractivity contribution < 1.29 is 9.53 Å². The second kappa shape index (κ2) is 3.32. The maximum Gasteiger partial charge on any atom is 0.358 e. The number of carbonyl (C=O) groups is 1. The number of nitrogens with zero attached hydrogens (tertiary/aromatic N) is 2. The Morgan fingerprint density at radius 2 is 2.50 bits per heavy atom. The average Bonchev–Trinajstić information content (AvgIpc) is 2.90. The highest BCUT2D eigenvalue weighted by Crippen LogP contribution is 2.31. The number of rotatable bonds is 3. The summed E-state index contributed by atoms with van der Waals surface area (Å²) in [5.41, 5.74) is 6.39. The second-order valence-corrected chi connectivity index (χ2v) is 3.57. The van der Waals surface area contributed by atoms with Crippen LogP contribution in [-0.2, 0) is 11.3 Å². The van der Waals surface area contributed by atoms with E-state index in [0.717, 1.165) is 6.54 Å². The molecule has 1 aliphatic carbocycles. The van der Waals surface area contributed by atoms with Crippen molar-refractivity contribution in [3.05, 3.63) is 11.9 Å². The Kier molecular flexibility index (Phi) is 2.15. The Morgan fingerprint density at radius 3 is 3.07 bits per heavy atom. The Bertz CT molecular complexity index is 355. The van der Waals surface area contributed by atoms with Crippen LogP contribution in [0.4, 0.5) is 5.69 Å². The molecule has 0 spiro atoms. The van der Waals surface area contributed by atoms with Crippen LogP contribution < -0.4 is 5.73 Å². The molecule has 0 bridgehead atoms. The fourth-order valence-corrected chi connectivity index (χ4v) is 1.40. The zero-order chi connectivity index (χ0) is 10.1. The van der Waals surface area contributed by atoms with Gasteiger partial charge in [-0.1, -0.05) is 0 Å². The summed E-state index contributed by atoms with van der Waals surface area (Å²) in [7, 11) is 1.34. The summed E-state index contributed by atoms with van der Waals surface area (Å²) in [6.45, 7) is 0.766. The minimum Gasteiger partial charge on any atom is -0.464 e. The molecule has 1 aromatic rings. The number of aromatic nitrogens is 2. The van der Waals surface area contributed by atoms with E-state index < -0.39 is 5.97 Å². The molecule has 5 nitrogen and oxygen atoms in total. The summed E-state index contributed by atoms with van der Waals surface area (Å²) in [5, 5.41) is 4.06. The molecule has 2 N–H and O–H groups in total. The van der Waals surface area contributed by atoms with Crippen LogP contribution >= 0.6 is 0 Å². The van der Waals surface area contributed by atoms with Crippen molar-refractivity contribution >= 4 is 11.7 Å². The van der Waals surface area contributed by atoms with E-state index in [4.69, 9.17) is 5.73 Å². The second-order valence-electron chi connectivity index (χ2n) is 3.57. The molecule has 0 saturated heterocycles. The molecule has 1 aliphatic rings. The summed E-state index contributed by atoms with van der Waals surface area (Å²) >= 11 is 0. The molecular formula is C9H13N3O2. The number of carbonyl (C=O) groups excluding carboxylic acids is 1. The first-order valence-corrected chi connectivity index (χ1v) is 4.62. The van der Waals surface area contributed by atoms with Gasteiger partial charge in [0.25, 0.3) is 0 Å². The van der Waals surface area contributed by atoms with Crippen molar-refractivity contribution in [2.75, 3.05) is 12.8 Å². The number of hydrogen-bond donors (Lipinski definition) is 1. The molecule has 1 saturated carbocycles. The fraction of sp³-hybridized carbons (Fsp3) is 0.556. The minimum absolute atomic E-state index is 0.374. The van der Waals surface area contributed by atoms with Crippen molar-refractivity contribution in [1.82, 2.24) is 9.78 Å². The summed E-state index contributed by atoms with van der Waals surface area (Å²) in [6.07, 6.45) is 3.91. The largest absolute Gasteiger partial charge is 0.464 e. The van der Waals surface area contributed by atoms with E-state index in [0.29, 0.717) is 17.3 Å². The molecule has 2 rings (SSSR count). The van der Waals surface area contributed by atoms with Gasteiger partial charge in [-0.3, -0.25) is 4.68 Å². The number of nitrogen functional groups attached to an aromatic ring is 1. The maximum absolute atomic E-state index is 11.4. The van der Waals surface area contributed by atoms with Crippen LogP contribution in [-0.4, -0.2) is 22.9 Å². The maximum atomic E-state index is 11.4. The first kappa shape index (κ1) is 9.05. The van der Waals surface area contributed by atoms with E-state index in [-0.39, 0.29) is 0 Å². The van der Waals surface area contributed by atoms with Crippen LogP contribution in [0.5, 0.6) is 0 Å². The Balaban J connectivity index is 2.24. The molecule has 14 heavy (non-hydrogen) atoms. The molecule has 1 aromatic heterocycles. The molecule has 5 heteroatoms. The lowest BCUT2D eigenvalue weighted by Crippen LogP contribution is -2.14. The van der Waals surface area contributed by atoms with Crippen molar-refractivity contribution in [1.29, 1.82) is 0 Å². The van der Waals surface area contributed by atoms with Crippen LogP contribution in [0.2, 0.25) is 0 Å². The molecular weight excluding hydrogens is 182 g/mol. The third-order valence-corrected chi connectivity index (χ3v) is 2.37. The van der Waals surface area contributed by atoms with E-state index in [1.54, 1.807) is 4.68 Å². The van der Waals surface area contributed by atoms with Crippen molar-refractivity contribution in [3.8, 4) is 0 Å². The average molecular weight is 195 g/mol. The van der Waals surface area contributed by atoms with Crippen molar-refractivity contribution in [2.24, 2.45) is 5.92 Å². The van der Waals surface area contributed by atoms with Gasteiger partial charge in [-0.05, 0) is 18.8 Å². The highest BCUT2D eigenvalue weighted by atomic mass is 16.5. The van der Waals surface area contributed by atoms with Gasteiger partial charge in [-0.25, -0.2) is 4.79 Å². The normalized spacial score (nSPS) is 15.5. The number of hydrogen-bond acceptors (Lipinski definition) is 4. The standard InChI is InChI=1S/C9H13N3O2/c1-14-9(13)8-7(10)4-11-12(8)5-6-2-3-6/h4,6H,2-3,5,10H2,1H3. The molecule has 0 unspecified atom stereocenters. The van der Waals surface area contributed by atoms with Crippen LogP contribution in [0.3, 0.4) is 0 Å². The summed E-state index contributed by atoms with van der Waals surface area (Å²) in [4.78, 5) is 11.4. The highest BCUT2D eigenvalue weighted by molar-refractivity contribution is 5.92. The van der Waals surface area contributed by atoms with Gasteiger partial charge < -0.3 is 10.5 Å². The van der Waals surface area contributed by atoms with Gasteiger partial charge in [0.1, 0.15) is 0 Å². The molecule has 1 heterocycles. The topological polar surface area (TPSA) is 70.1 Å². The van der Waals surface area contributed by atoms with Crippen LogP contribution in [0.1, 0.15) is 23.3 Å². The third-order valence-electron chi connectivity index (χ3n) is 2.37. The number of ether oxygens (including phenoxy) is 1.